The minimum Gasteiger partial charge on any atom is -0.300 e. The summed E-state index contributed by atoms with van der Waals surface area (Å²) in [6.07, 6.45) is 1.80. The van der Waals surface area contributed by atoms with Crippen LogP contribution in [0.1, 0.15) is 0 Å². The lowest BCUT2D eigenvalue weighted by atomic mass is 10.2. The summed E-state index contributed by atoms with van der Waals surface area (Å²) >= 11 is 0. The van der Waals surface area contributed by atoms with Crippen LogP contribution in [0.25, 0.3) is 28.6 Å². The van der Waals surface area contributed by atoms with Crippen LogP contribution in [0.2, 0.25) is 0 Å². The third-order valence-corrected chi connectivity index (χ3v) is 2.81. The maximum atomic E-state index is 4.65. The van der Waals surface area contributed by atoms with E-state index in [0.717, 1.165) is 22.4 Å². The van der Waals surface area contributed by atoms with Gasteiger partial charge in [-0.05, 0) is 12.1 Å². The van der Waals surface area contributed by atoms with E-state index in [1.165, 1.54) is 0 Å². The van der Waals surface area contributed by atoms with Crippen molar-refractivity contribution in [2.24, 2.45) is 0 Å². The van der Waals surface area contributed by atoms with Gasteiger partial charge >= 0.3 is 0 Å². The highest BCUT2D eigenvalue weighted by atomic mass is 15.1. The van der Waals surface area contributed by atoms with Gasteiger partial charge in [-0.25, -0.2) is 4.98 Å². The van der Waals surface area contributed by atoms with Crippen LogP contribution >= 0.6 is 0 Å². The summed E-state index contributed by atoms with van der Waals surface area (Å²) in [5.74, 6) is 0.932. The van der Waals surface area contributed by atoms with E-state index >= 15 is 0 Å². The molecule has 0 unspecified atom stereocenters. The maximum Gasteiger partial charge on any atom is 0.145 e. The zero-order chi connectivity index (χ0) is 11.7. The van der Waals surface area contributed by atoms with E-state index < -0.39 is 0 Å². The third kappa shape index (κ3) is 1.54. The first-order valence-electron chi connectivity index (χ1n) is 5.55. The van der Waals surface area contributed by atoms with Crippen molar-refractivity contribution in [3.63, 3.8) is 0 Å². The summed E-state index contributed by atoms with van der Waals surface area (Å²) in [7, 11) is 0. The first-order chi connectivity index (χ1) is 8.40. The van der Waals surface area contributed by atoms with Crippen molar-refractivity contribution >= 4 is 17.2 Å². The van der Waals surface area contributed by atoms with Gasteiger partial charge in [0.2, 0.25) is 0 Å². The number of fused-ring (bicyclic) bond motifs is 1. The molecule has 0 saturated carbocycles. The molecule has 3 rings (SSSR count). The van der Waals surface area contributed by atoms with Crippen molar-refractivity contribution < 1.29 is 0 Å². The van der Waals surface area contributed by atoms with Crippen LogP contribution in [0.5, 0.6) is 0 Å². The number of aromatic nitrogens is 2. The van der Waals surface area contributed by atoms with Gasteiger partial charge in [-0.2, -0.15) is 0 Å². The van der Waals surface area contributed by atoms with E-state index in [9.17, 15) is 0 Å². The van der Waals surface area contributed by atoms with Gasteiger partial charge in [-0.15, -0.1) is 0 Å². The summed E-state index contributed by atoms with van der Waals surface area (Å²) in [5.41, 5.74) is 3.18. The number of rotatable bonds is 2. The van der Waals surface area contributed by atoms with Crippen LogP contribution in [0.4, 0.5) is 0 Å². The molecule has 0 amide bonds. The largest absolute Gasteiger partial charge is 0.300 e. The molecule has 3 aromatic rings. The standard InChI is InChI=1S/C15H12N2/c1-2-17-14-11-7-6-10-13(14)16-15(17)12-8-4-3-5-9-12/h2-11H,1H2. The lowest BCUT2D eigenvalue weighted by molar-refractivity contribution is 1.18. The smallest absolute Gasteiger partial charge is 0.145 e. The number of imidazole rings is 1. The minimum atomic E-state index is 0.932. The molecule has 17 heavy (non-hydrogen) atoms. The van der Waals surface area contributed by atoms with Gasteiger partial charge < -0.3 is 0 Å². The van der Waals surface area contributed by atoms with Gasteiger partial charge in [-0.3, -0.25) is 4.57 Å². The van der Waals surface area contributed by atoms with E-state index in [-0.39, 0.29) is 0 Å². The monoisotopic (exact) mass is 220 g/mol. The Bertz CT molecular complexity index is 666. The van der Waals surface area contributed by atoms with Gasteiger partial charge in [0, 0.05) is 11.8 Å². The molecule has 1 heterocycles. The molecule has 2 aromatic carbocycles. The van der Waals surface area contributed by atoms with E-state index in [1.54, 1.807) is 6.20 Å². The molecule has 2 nitrogen and oxygen atoms in total. The van der Waals surface area contributed by atoms with Crippen LogP contribution in [0, 0.1) is 0 Å². The zero-order valence-electron chi connectivity index (χ0n) is 9.38. The molecule has 0 N–H and O–H groups in total. The third-order valence-electron chi connectivity index (χ3n) is 2.81. The first kappa shape index (κ1) is 9.85. The van der Waals surface area contributed by atoms with Crippen LogP contribution in [-0.2, 0) is 0 Å². The topological polar surface area (TPSA) is 17.8 Å². The highest BCUT2D eigenvalue weighted by Crippen LogP contribution is 2.24. The van der Waals surface area contributed by atoms with E-state index in [4.69, 9.17) is 0 Å². The lowest BCUT2D eigenvalue weighted by Gasteiger charge is -2.02. The van der Waals surface area contributed by atoms with Crippen LogP contribution in [0.15, 0.2) is 61.2 Å². The van der Waals surface area contributed by atoms with Crippen molar-refractivity contribution in [3.8, 4) is 11.4 Å². The summed E-state index contributed by atoms with van der Waals surface area (Å²) in [6.45, 7) is 3.86. The fourth-order valence-electron chi connectivity index (χ4n) is 2.02. The molecule has 0 fully saturated rings. The summed E-state index contributed by atoms with van der Waals surface area (Å²) in [5, 5.41) is 0. The molecule has 0 bridgehead atoms. The number of hydrogen-bond donors (Lipinski definition) is 0. The van der Waals surface area contributed by atoms with Crippen molar-refractivity contribution in [1.82, 2.24) is 9.55 Å². The van der Waals surface area contributed by atoms with Crippen LogP contribution in [-0.4, -0.2) is 9.55 Å². The van der Waals surface area contributed by atoms with Crippen molar-refractivity contribution in [2.75, 3.05) is 0 Å². The predicted octanol–water partition coefficient (Wildman–Crippen LogP) is 3.80. The Labute approximate surface area is 99.8 Å². The molecule has 0 spiro atoms. The van der Waals surface area contributed by atoms with Crippen molar-refractivity contribution in [2.45, 2.75) is 0 Å². The number of hydrogen-bond acceptors (Lipinski definition) is 1. The van der Waals surface area contributed by atoms with Crippen molar-refractivity contribution in [3.05, 3.63) is 61.2 Å². The van der Waals surface area contributed by atoms with Crippen LogP contribution < -0.4 is 0 Å². The van der Waals surface area contributed by atoms with Gasteiger partial charge in [-0.1, -0.05) is 49.0 Å². The Balaban J connectivity index is 2.33. The molecule has 1 aromatic heterocycles. The average Bonchev–Trinajstić information content (AvgIpc) is 2.78. The Kier molecular flexibility index (Phi) is 2.26. The Hall–Kier alpha value is -2.35. The van der Waals surface area contributed by atoms with E-state index in [1.807, 2.05) is 41.0 Å². The molecule has 0 aliphatic carbocycles. The fourth-order valence-corrected chi connectivity index (χ4v) is 2.02. The highest BCUT2D eigenvalue weighted by molar-refractivity contribution is 5.83. The lowest BCUT2D eigenvalue weighted by Crippen LogP contribution is -1.89. The summed E-state index contributed by atoms with van der Waals surface area (Å²) in [6, 6.07) is 18.2. The Morgan fingerprint density at radius 1 is 0.941 bits per heavy atom. The molecule has 0 atom stereocenters. The van der Waals surface area contributed by atoms with E-state index in [2.05, 4.69) is 29.8 Å². The SMILES string of the molecule is C=Cn1c(-c2ccccc2)nc2ccccc21. The molecular weight excluding hydrogens is 208 g/mol. The van der Waals surface area contributed by atoms with Gasteiger partial charge in [0.1, 0.15) is 5.82 Å². The minimum absolute atomic E-state index is 0.932. The fraction of sp³-hybridized carbons (Fsp3) is 0. The zero-order valence-corrected chi connectivity index (χ0v) is 9.38. The predicted molar refractivity (Wildman–Crippen MR) is 71.6 cm³/mol. The van der Waals surface area contributed by atoms with Gasteiger partial charge in [0.15, 0.2) is 0 Å². The molecule has 2 heteroatoms. The second-order valence-electron chi connectivity index (χ2n) is 3.84. The van der Waals surface area contributed by atoms with Gasteiger partial charge in [0.05, 0.1) is 11.0 Å². The van der Waals surface area contributed by atoms with E-state index in [0.29, 0.717) is 0 Å². The second kappa shape index (κ2) is 3.91. The molecule has 0 saturated heterocycles. The Morgan fingerprint density at radius 2 is 1.65 bits per heavy atom. The number of para-hydroxylation sites is 2. The molecule has 0 aliphatic heterocycles. The van der Waals surface area contributed by atoms with Gasteiger partial charge in [0.25, 0.3) is 0 Å². The highest BCUT2D eigenvalue weighted by Gasteiger charge is 2.09. The van der Waals surface area contributed by atoms with Crippen LogP contribution in [0.3, 0.4) is 0 Å². The average molecular weight is 220 g/mol. The number of nitrogens with zero attached hydrogens (tertiary/aromatic N) is 2. The maximum absolute atomic E-state index is 4.65. The molecule has 82 valence electrons. The number of benzene rings is 2. The molecule has 0 radical (unpaired) electrons. The molecule has 0 aliphatic rings. The summed E-state index contributed by atoms with van der Waals surface area (Å²) < 4.78 is 2.02. The summed E-state index contributed by atoms with van der Waals surface area (Å²) in [4.78, 5) is 4.65. The second-order valence-corrected chi connectivity index (χ2v) is 3.84. The normalized spacial score (nSPS) is 10.6. The molecular formula is C15H12N2. The quantitative estimate of drug-likeness (QED) is 0.642. The van der Waals surface area contributed by atoms with Crippen molar-refractivity contribution in [1.29, 1.82) is 0 Å². The first-order valence-corrected chi connectivity index (χ1v) is 5.55. The Morgan fingerprint density at radius 3 is 2.41 bits per heavy atom.